The predicted octanol–water partition coefficient (Wildman–Crippen LogP) is 2.69. The molecule has 0 spiro atoms. The summed E-state index contributed by atoms with van der Waals surface area (Å²) in [6, 6.07) is 10.9. The number of rotatable bonds is 0. The van der Waals surface area contributed by atoms with E-state index in [2.05, 4.69) is 4.74 Å². The molecule has 0 aromatic heterocycles. The standard InChI is InChI=1S/C15H8O4/c16-14-9-5-6-12-10(13(9)15(17)19-14)7-8-3-1-2-4-11(8)18-12/h1-6H,7H2. The third kappa shape index (κ3) is 1.34. The van der Waals surface area contributed by atoms with Crippen molar-refractivity contribution in [3.05, 3.63) is 58.7 Å². The minimum Gasteiger partial charge on any atom is -0.457 e. The van der Waals surface area contributed by atoms with Gasteiger partial charge in [-0.3, -0.25) is 0 Å². The van der Waals surface area contributed by atoms with Crippen LogP contribution in [0.4, 0.5) is 0 Å². The molecule has 2 aromatic rings. The van der Waals surface area contributed by atoms with E-state index in [1.807, 2.05) is 24.3 Å². The molecule has 0 atom stereocenters. The highest BCUT2D eigenvalue weighted by atomic mass is 16.6. The Morgan fingerprint density at radius 3 is 2.58 bits per heavy atom. The number of para-hydroxylation sites is 1. The second kappa shape index (κ2) is 3.45. The number of carbonyl (C=O) groups is 2. The molecule has 2 aliphatic heterocycles. The van der Waals surface area contributed by atoms with Gasteiger partial charge in [-0.2, -0.15) is 0 Å². The topological polar surface area (TPSA) is 52.6 Å². The first-order chi connectivity index (χ1) is 9.24. The average Bonchev–Trinajstić information content (AvgIpc) is 2.72. The van der Waals surface area contributed by atoms with Gasteiger partial charge >= 0.3 is 11.9 Å². The van der Waals surface area contributed by atoms with Crippen molar-refractivity contribution in [3.8, 4) is 11.5 Å². The van der Waals surface area contributed by atoms with Crippen LogP contribution in [0.1, 0.15) is 31.8 Å². The van der Waals surface area contributed by atoms with Crippen LogP contribution >= 0.6 is 0 Å². The minimum absolute atomic E-state index is 0.326. The van der Waals surface area contributed by atoms with Gasteiger partial charge in [0.15, 0.2) is 0 Å². The van der Waals surface area contributed by atoms with Crippen LogP contribution in [0.15, 0.2) is 36.4 Å². The fourth-order valence-corrected chi connectivity index (χ4v) is 2.55. The first kappa shape index (κ1) is 10.3. The Labute approximate surface area is 108 Å². The molecule has 0 fully saturated rings. The number of esters is 2. The van der Waals surface area contributed by atoms with Gasteiger partial charge in [-0.05, 0) is 23.8 Å². The molecule has 4 rings (SSSR count). The van der Waals surface area contributed by atoms with Gasteiger partial charge in [-0.1, -0.05) is 18.2 Å². The van der Waals surface area contributed by atoms with E-state index in [4.69, 9.17) is 4.74 Å². The smallest absolute Gasteiger partial charge is 0.347 e. The van der Waals surface area contributed by atoms with Crippen LogP contribution in [-0.2, 0) is 11.2 Å². The van der Waals surface area contributed by atoms with E-state index in [9.17, 15) is 9.59 Å². The highest BCUT2D eigenvalue weighted by molar-refractivity contribution is 6.16. The van der Waals surface area contributed by atoms with Crippen LogP contribution in [0.5, 0.6) is 11.5 Å². The summed E-state index contributed by atoms with van der Waals surface area (Å²) < 4.78 is 10.4. The van der Waals surface area contributed by atoms with Crippen LogP contribution in [0.25, 0.3) is 0 Å². The molecule has 92 valence electrons. The highest BCUT2D eigenvalue weighted by Crippen LogP contribution is 2.40. The Bertz CT molecular complexity index is 746. The molecule has 0 radical (unpaired) electrons. The number of benzene rings is 2. The summed E-state index contributed by atoms with van der Waals surface area (Å²) in [5.41, 5.74) is 2.39. The second-order valence-corrected chi connectivity index (χ2v) is 4.53. The van der Waals surface area contributed by atoms with Gasteiger partial charge in [-0.25, -0.2) is 9.59 Å². The zero-order valence-corrected chi connectivity index (χ0v) is 9.80. The quantitative estimate of drug-likeness (QED) is 0.456. The maximum atomic E-state index is 11.8. The molecule has 0 saturated carbocycles. The van der Waals surface area contributed by atoms with Gasteiger partial charge < -0.3 is 9.47 Å². The molecule has 4 heteroatoms. The summed E-state index contributed by atoms with van der Waals surface area (Å²) in [5.74, 6) is 0.234. The lowest BCUT2D eigenvalue weighted by Gasteiger charge is -2.21. The molecule has 19 heavy (non-hydrogen) atoms. The van der Waals surface area contributed by atoms with Crippen LogP contribution in [0.2, 0.25) is 0 Å². The summed E-state index contributed by atoms with van der Waals surface area (Å²) >= 11 is 0. The molecule has 0 unspecified atom stereocenters. The van der Waals surface area contributed by atoms with Gasteiger partial charge in [-0.15, -0.1) is 0 Å². The van der Waals surface area contributed by atoms with Gasteiger partial charge in [0.05, 0.1) is 11.1 Å². The maximum absolute atomic E-state index is 11.8. The summed E-state index contributed by atoms with van der Waals surface area (Å²) in [7, 11) is 0. The van der Waals surface area contributed by atoms with Gasteiger partial charge in [0.2, 0.25) is 0 Å². The van der Waals surface area contributed by atoms with Crippen molar-refractivity contribution < 1.29 is 19.1 Å². The van der Waals surface area contributed by atoms with Crippen molar-refractivity contribution in [1.82, 2.24) is 0 Å². The Morgan fingerprint density at radius 1 is 0.842 bits per heavy atom. The number of carbonyl (C=O) groups excluding carboxylic acids is 2. The molecule has 4 nitrogen and oxygen atoms in total. The monoisotopic (exact) mass is 252 g/mol. The summed E-state index contributed by atoms with van der Waals surface area (Å²) in [4.78, 5) is 23.3. The van der Waals surface area contributed by atoms with E-state index in [0.717, 1.165) is 16.9 Å². The number of cyclic esters (lactones) is 2. The first-order valence-corrected chi connectivity index (χ1v) is 5.92. The van der Waals surface area contributed by atoms with E-state index < -0.39 is 11.9 Å². The van der Waals surface area contributed by atoms with Gasteiger partial charge in [0.1, 0.15) is 11.5 Å². The molecular weight excluding hydrogens is 244 g/mol. The van der Waals surface area contributed by atoms with Crippen LogP contribution in [-0.4, -0.2) is 11.9 Å². The zero-order valence-electron chi connectivity index (χ0n) is 9.80. The molecule has 0 N–H and O–H groups in total. The lowest BCUT2D eigenvalue weighted by molar-refractivity contribution is 0.0443. The second-order valence-electron chi connectivity index (χ2n) is 4.53. The Balaban J connectivity index is 1.94. The van der Waals surface area contributed by atoms with Crippen molar-refractivity contribution in [2.24, 2.45) is 0 Å². The Kier molecular flexibility index (Phi) is 1.87. The summed E-state index contributed by atoms with van der Waals surface area (Å²) in [6.45, 7) is 0. The fraction of sp³-hybridized carbons (Fsp3) is 0.0667. The van der Waals surface area contributed by atoms with Crippen molar-refractivity contribution in [2.45, 2.75) is 6.42 Å². The van der Waals surface area contributed by atoms with Crippen LogP contribution < -0.4 is 4.74 Å². The van der Waals surface area contributed by atoms with Crippen molar-refractivity contribution in [3.63, 3.8) is 0 Å². The van der Waals surface area contributed by atoms with Crippen molar-refractivity contribution >= 4 is 11.9 Å². The van der Waals surface area contributed by atoms with E-state index >= 15 is 0 Å². The van der Waals surface area contributed by atoms with E-state index in [1.165, 1.54) is 0 Å². The first-order valence-electron chi connectivity index (χ1n) is 5.92. The van der Waals surface area contributed by atoms with Gasteiger partial charge in [0.25, 0.3) is 0 Å². The zero-order chi connectivity index (χ0) is 13.0. The number of hydrogen-bond donors (Lipinski definition) is 0. The molecule has 0 amide bonds. The molecule has 2 heterocycles. The SMILES string of the molecule is O=C1OC(=O)c2c1ccc1c2Cc2ccccc2O1. The normalized spacial score (nSPS) is 15.2. The van der Waals surface area contributed by atoms with E-state index in [1.54, 1.807) is 12.1 Å². The predicted molar refractivity (Wildman–Crippen MR) is 65.5 cm³/mol. The van der Waals surface area contributed by atoms with Crippen LogP contribution in [0, 0.1) is 0 Å². The molecular formula is C15H8O4. The summed E-state index contributed by atoms with van der Waals surface area (Å²) in [6.07, 6.45) is 0.567. The highest BCUT2D eigenvalue weighted by Gasteiger charge is 2.35. The lowest BCUT2D eigenvalue weighted by atomic mass is 9.93. The lowest BCUT2D eigenvalue weighted by Crippen LogP contribution is -2.08. The molecule has 0 aliphatic carbocycles. The minimum atomic E-state index is -0.583. The van der Waals surface area contributed by atoms with Crippen LogP contribution in [0.3, 0.4) is 0 Å². The third-order valence-electron chi connectivity index (χ3n) is 3.44. The molecule has 2 aromatic carbocycles. The number of ether oxygens (including phenoxy) is 2. The Morgan fingerprint density at radius 2 is 1.68 bits per heavy atom. The largest absolute Gasteiger partial charge is 0.457 e. The number of fused-ring (bicyclic) bond motifs is 4. The summed E-state index contributed by atoms with van der Waals surface area (Å²) in [5, 5.41) is 0. The van der Waals surface area contributed by atoms with Gasteiger partial charge in [0, 0.05) is 12.0 Å². The fourth-order valence-electron chi connectivity index (χ4n) is 2.55. The van der Waals surface area contributed by atoms with Crippen molar-refractivity contribution in [2.75, 3.05) is 0 Å². The molecule has 0 bridgehead atoms. The Hall–Kier alpha value is -2.62. The molecule has 2 aliphatic rings. The van der Waals surface area contributed by atoms with E-state index in [-0.39, 0.29) is 0 Å². The maximum Gasteiger partial charge on any atom is 0.347 e. The van der Waals surface area contributed by atoms with Crippen molar-refractivity contribution in [1.29, 1.82) is 0 Å². The molecule has 0 saturated heterocycles. The number of hydrogen-bond acceptors (Lipinski definition) is 4. The third-order valence-corrected chi connectivity index (χ3v) is 3.44. The average molecular weight is 252 g/mol. The van der Waals surface area contributed by atoms with E-state index in [0.29, 0.717) is 23.3 Å².